The number of hydrogen-bond donors (Lipinski definition) is 1. The summed E-state index contributed by atoms with van der Waals surface area (Å²) in [5.41, 5.74) is 2.22. The van der Waals surface area contributed by atoms with Crippen LogP contribution in [0.3, 0.4) is 0 Å². The standard InChI is InChI=1S/C17H18N6OS/c1-21(9-12-6-4-3-5-7-12)14(13-8-19-22(2)10-13)15-16(24)23-17(25-15)18-11-20-23/h3-8,10-11,14,24H,9H2,1-2H3/t14-/m1/s1. The van der Waals surface area contributed by atoms with E-state index in [0.717, 1.165) is 17.0 Å². The zero-order valence-electron chi connectivity index (χ0n) is 13.9. The highest BCUT2D eigenvalue weighted by Gasteiger charge is 2.28. The highest BCUT2D eigenvalue weighted by molar-refractivity contribution is 7.17. The van der Waals surface area contributed by atoms with Crippen LogP contribution < -0.4 is 0 Å². The fraction of sp³-hybridized carbons (Fsp3) is 0.235. The molecule has 0 bridgehead atoms. The summed E-state index contributed by atoms with van der Waals surface area (Å²) >= 11 is 1.44. The Morgan fingerprint density at radius 3 is 2.72 bits per heavy atom. The maximum atomic E-state index is 10.6. The van der Waals surface area contributed by atoms with Gasteiger partial charge in [-0.1, -0.05) is 41.7 Å². The van der Waals surface area contributed by atoms with Crippen molar-refractivity contribution < 1.29 is 5.11 Å². The van der Waals surface area contributed by atoms with Gasteiger partial charge >= 0.3 is 0 Å². The smallest absolute Gasteiger partial charge is 0.230 e. The third-order valence-electron chi connectivity index (χ3n) is 4.14. The number of aromatic hydroxyl groups is 1. The van der Waals surface area contributed by atoms with Crippen LogP contribution in [0.2, 0.25) is 0 Å². The Bertz CT molecular complexity index is 989. The number of fused-ring (bicyclic) bond motifs is 1. The van der Waals surface area contributed by atoms with E-state index in [9.17, 15) is 5.11 Å². The fourth-order valence-corrected chi connectivity index (χ4v) is 4.14. The van der Waals surface area contributed by atoms with Crippen LogP contribution in [-0.4, -0.2) is 41.4 Å². The molecule has 0 aliphatic heterocycles. The van der Waals surface area contributed by atoms with E-state index in [2.05, 4.69) is 32.2 Å². The number of rotatable bonds is 5. The van der Waals surface area contributed by atoms with Crippen molar-refractivity contribution in [3.63, 3.8) is 0 Å². The quantitative estimate of drug-likeness (QED) is 0.596. The fourth-order valence-electron chi connectivity index (χ4n) is 3.02. The van der Waals surface area contributed by atoms with Gasteiger partial charge in [0, 0.05) is 25.4 Å². The van der Waals surface area contributed by atoms with E-state index < -0.39 is 0 Å². The van der Waals surface area contributed by atoms with Gasteiger partial charge in [-0.3, -0.25) is 9.58 Å². The van der Waals surface area contributed by atoms with E-state index in [1.165, 1.54) is 27.7 Å². The number of thiazole rings is 1. The first kappa shape index (κ1) is 15.8. The molecule has 128 valence electrons. The van der Waals surface area contributed by atoms with Crippen LogP contribution in [0.1, 0.15) is 22.0 Å². The molecule has 1 atom stereocenters. The van der Waals surface area contributed by atoms with E-state index in [-0.39, 0.29) is 11.9 Å². The topological polar surface area (TPSA) is 71.5 Å². The monoisotopic (exact) mass is 354 g/mol. The molecule has 0 radical (unpaired) electrons. The Labute approximate surface area is 148 Å². The largest absolute Gasteiger partial charge is 0.492 e. The summed E-state index contributed by atoms with van der Waals surface area (Å²) in [7, 11) is 3.93. The van der Waals surface area contributed by atoms with Gasteiger partial charge in [0.1, 0.15) is 6.33 Å². The van der Waals surface area contributed by atoms with Crippen LogP contribution in [0.25, 0.3) is 4.96 Å². The van der Waals surface area contributed by atoms with Crippen LogP contribution in [0.15, 0.2) is 49.1 Å². The first-order valence-electron chi connectivity index (χ1n) is 7.87. The highest BCUT2D eigenvalue weighted by atomic mass is 32.1. The van der Waals surface area contributed by atoms with E-state index in [0.29, 0.717) is 4.96 Å². The summed E-state index contributed by atoms with van der Waals surface area (Å²) in [5, 5.41) is 19.0. The van der Waals surface area contributed by atoms with E-state index >= 15 is 0 Å². The van der Waals surface area contributed by atoms with Crippen LogP contribution in [0, 0.1) is 0 Å². The van der Waals surface area contributed by atoms with Crippen molar-refractivity contribution in [3.8, 4) is 5.88 Å². The molecule has 0 aliphatic rings. The molecule has 0 fully saturated rings. The molecule has 1 N–H and O–H groups in total. The molecule has 3 aromatic heterocycles. The van der Waals surface area contributed by atoms with E-state index in [1.807, 2.05) is 44.7 Å². The molecular weight excluding hydrogens is 336 g/mol. The zero-order valence-corrected chi connectivity index (χ0v) is 14.8. The van der Waals surface area contributed by atoms with Gasteiger partial charge in [0.2, 0.25) is 10.8 Å². The Morgan fingerprint density at radius 2 is 2.04 bits per heavy atom. The Kier molecular flexibility index (Phi) is 3.98. The van der Waals surface area contributed by atoms with Crippen molar-refractivity contribution in [1.29, 1.82) is 0 Å². The van der Waals surface area contributed by atoms with Crippen molar-refractivity contribution in [2.75, 3.05) is 7.05 Å². The van der Waals surface area contributed by atoms with Gasteiger partial charge in [0.15, 0.2) is 0 Å². The van der Waals surface area contributed by atoms with Gasteiger partial charge in [-0.2, -0.15) is 14.7 Å². The Hall–Kier alpha value is -2.71. The van der Waals surface area contributed by atoms with Gasteiger partial charge in [0.05, 0.1) is 17.1 Å². The molecular formula is C17H18N6OS. The molecule has 0 unspecified atom stereocenters. The average molecular weight is 354 g/mol. The summed E-state index contributed by atoms with van der Waals surface area (Å²) in [4.78, 5) is 7.87. The SMILES string of the molecule is CN(Cc1ccccc1)[C@H](c1cnn(C)c1)c1sc2ncnn2c1O. The van der Waals surface area contributed by atoms with E-state index in [1.54, 1.807) is 4.68 Å². The van der Waals surface area contributed by atoms with Gasteiger partial charge in [-0.15, -0.1) is 0 Å². The van der Waals surface area contributed by atoms with Gasteiger partial charge in [-0.05, 0) is 12.6 Å². The molecule has 0 amide bonds. The molecule has 3 heterocycles. The maximum absolute atomic E-state index is 10.6. The van der Waals surface area contributed by atoms with Crippen molar-refractivity contribution in [2.24, 2.45) is 7.05 Å². The molecule has 25 heavy (non-hydrogen) atoms. The summed E-state index contributed by atoms with van der Waals surface area (Å²) in [6, 6.07) is 10.1. The van der Waals surface area contributed by atoms with E-state index in [4.69, 9.17) is 0 Å². The predicted molar refractivity (Wildman–Crippen MR) is 95.5 cm³/mol. The number of hydrogen-bond acceptors (Lipinski definition) is 6. The minimum atomic E-state index is -0.137. The van der Waals surface area contributed by atoms with Crippen LogP contribution in [0.5, 0.6) is 5.88 Å². The third kappa shape index (κ3) is 2.90. The van der Waals surface area contributed by atoms with Crippen molar-refractivity contribution in [2.45, 2.75) is 12.6 Å². The summed E-state index contributed by atoms with van der Waals surface area (Å²) in [6.07, 6.45) is 5.26. The van der Waals surface area contributed by atoms with Crippen molar-refractivity contribution in [3.05, 3.63) is 65.1 Å². The molecule has 7 nitrogen and oxygen atoms in total. The molecule has 0 spiro atoms. The molecule has 4 aromatic rings. The summed E-state index contributed by atoms with van der Waals surface area (Å²) in [5.74, 6) is 0.131. The lowest BCUT2D eigenvalue weighted by Crippen LogP contribution is -2.24. The highest BCUT2D eigenvalue weighted by Crippen LogP contribution is 2.39. The number of nitrogens with zero attached hydrogens (tertiary/aromatic N) is 6. The minimum absolute atomic E-state index is 0.131. The van der Waals surface area contributed by atoms with Gasteiger partial charge in [-0.25, -0.2) is 4.98 Å². The lowest BCUT2D eigenvalue weighted by Gasteiger charge is -2.26. The predicted octanol–water partition coefficient (Wildman–Crippen LogP) is 2.45. The Balaban J connectivity index is 1.76. The first-order chi connectivity index (χ1) is 12.1. The second-order valence-electron chi connectivity index (χ2n) is 5.99. The normalized spacial score (nSPS) is 12.9. The van der Waals surface area contributed by atoms with Gasteiger partial charge < -0.3 is 5.11 Å². The van der Waals surface area contributed by atoms with Crippen LogP contribution in [0.4, 0.5) is 0 Å². The zero-order chi connectivity index (χ0) is 17.4. The number of benzene rings is 1. The molecule has 0 aliphatic carbocycles. The minimum Gasteiger partial charge on any atom is -0.492 e. The number of aryl methyl sites for hydroxylation is 1. The molecule has 4 rings (SSSR count). The Morgan fingerprint density at radius 1 is 1.24 bits per heavy atom. The molecule has 0 saturated carbocycles. The molecule has 8 heteroatoms. The average Bonchev–Trinajstić information content (AvgIpc) is 3.29. The third-order valence-corrected chi connectivity index (χ3v) is 5.23. The maximum Gasteiger partial charge on any atom is 0.230 e. The second-order valence-corrected chi connectivity index (χ2v) is 7.00. The number of aromatic nitrogens is 5. The van der Waals surface area contributed by atoms with Crippen LogP contribution in [-0.2, 0) is 13.6 Å². The lowest BCUT2D eigenvalue weighted by atomic mass is 10.1. The summed E-state index contributed by atoms with van der Waals surface area (Å²) in [6.45, 7) is 0.744. The summed E-state index contributed by atoms with van der Waals surface area (Å²) < 4.78 is 3.24. The second kappa shape index (κ2) is 6.30. The van der Waals surface area contributed by atoms with Crippen molar-refractivity contribution >= 4 is 16.3 Å². The first-order valence-corrected chi connectivity index (χ1v) is 8.69. The van der Waals surface area contributed by atoms with Crippen molar-refractivity contribution in [1.82, 2.24) is 29.3 Å². The van der Waals surface area contributed by atoms with Crippen LogP contribution >= 0.6 is 11.3 Å². The molecule has 0 saturated heterocycles. The van der Waals surface area contributed by atoms with Gasteiger partial charge in [0.25, 0.3) is 0 Å². The lowest BCUT2D eigenvalue weighted by molar-refractivity contribution is 0.267. The molecule has 1 aromatic carbocycles.